The smallest absolute Gasteiger partial charge is 0.159 e. The van der Waals surface area contributed by atoms with Gasteiger partial charge in [-0.15, -0.1) is 0 Å². The van der Waals surface area contributed by atoms with Gasteiger partial charge in [0.1, 0.15) is 0 Å². The highest BCUT2D eigenvalue weighted by Gasteiger charge is 2.04. The predicted octanol–water partition coefficient (Wildman–Crippen LogP) is 4.91. The molecule has 0 saturated carbocycles. The first-order valence-corrected chi connectivity index (χ1v) is 7.93. The quantitative estimate of drug-likeness (QED) is 0.699. The second-order valence-corrected chi connectivity index (χ2v) is 5.56. The summed E-state index contributed by atoms with van der Waals surface area (Å²) in [5.74, 6) is 0.775. The van der Waals surface area contributed by atoms with Gasteiger partial charge in [0, 0.05) is 11.6 Å². The van der Waals surface area contributed by atoms with E-state index in [1.165, 1.54) is 32.1 Å². The Labute approximate surface area is 127 Å². The Kier molecular flexibility index (Phi) is 6.20. The molecule has 3 heteroatoms. The van der Waals surface area contributed by atoms with E-state index < -0.39 is 0 Å². The summed E-state index contributed by atoms with van der Waals surface area (Å²) in [6, 6.07) is 10.5. The van der Waals surface area contributed by atoms with Crippen molar-refractivity contribution in [1.82, 2.24) is 9.97 Å². The van der Waals surface area contributed by atoms with Crippen LogP contribution in [0.25, 0.3) is 11.4 Å². The van der Waals surface area contributed by atoms with Crippen LogP contribution in [0.15, 0.2) is 42.7 Å². The van der Waals surface area contributed by atoms with E-state index in [1.807, 2.05) is 42.7 Å². The van der Waals surface area contributed by atoms with Crippen LogP contribution in [0.5, 0.6) is 0 Å². The molecule has 0 amide bonds. The molecule has 0 saturated heterocycles. The summed E-state index contributed by atoms with van der Waals surface area (Å²) in [7, 11) is 0. The van der Waals surface area contributed by atoms with Crippen molar-refractivity contribution in [2.45, 2.75) is 52.0 Å². The Morgan fingerprint density at radius 3 is 2.38 bits per heavy atom. The molecule has 1 N–H and O–H groups in total. The maximum absolute atomic E-state index is 4.44. The molecule has 0 bridgehead atoms. The third-order valence-electron chi connectivity index (χ3n) is 3.59. The highest BCUT2D eigenvalue weighted by molar-refractivity contribution is 5.55. The number of hydrogen-bond donors (Lipinski definition) is 1. The van der Waals surface area contributed by atoms with Crippen LogP contribution in [0.4, 0.5) is 5.69 Å². The average molecular weight is 283 g/mol. The first-order chi connectivity index (χ1) is 10.3. The van der Waals surface area contributed by atoms with Gasteiger partial charge in [0.25, 0.3) is 0 Å². The lowest BCUT2D eigenvalue weighted by Crippen LogP contribution is -2.15. The zero-order valence-electron chi connectivity index (χ0n) is 13.0. The van der Waals surface area contributed by atoms with Gasteiger partial charge in [0.15, 0.2) is 5.82 Å². The van der Waals surface area contributed by atoms with Gasteiger partial charge < -0.3 is 5.32 Å². The molecule has 3 nitrogen and oxygen atoms in total. The number of aromatic nitrogens is 2. The standard InChI is InChI=1S/C18H25N3/c1-3-4-5-7-10-15(2)21-17-13-19-18(20-14-17)16-11-8-6-9-12-16/h6,8-9,11-15,21H,3-5,7,10H2,1-2H3. The van der Waals surface area contributed by atoms with E-state index in [4.69, 9.17) is 0 Å². The predicted molar refractivity (Wildman–Crippen MR) is 89.3 cm³/mol. The summed E-state index contributed by atoms with van der Waals surface area (Å²) in [6.07, 6.45) is 10.2. The number of anilines is 1. The molecule has 1 aromatic heterocycles. The van der Waals surface area contributed by atoms with Crippen molar-refractivity contribution in [2.24, 2.45) is 0 Å². The van der Waals surface area contributed by atoms with E-state index in [2.05, 4.69) is 29.1 Å². The van der Waals surface area contributed by atoms with E-state index in [0.29, 0.717) is 6.04 Å². The van der Waals surface area contributed by atoms with Gasteiger partial charge in [-0.1, -0.05) is 62.9 Å². The minimum atomic E-state index is 0.466. The number of benzene rings is 1. The van der Waals surface area contributed by atoms with Gasteiger partial charge >= 0.3 is 0 Å². The van der Waals surface area contributed by atoms with Gasteiger partial charge in [-0.2, -0.15) is 0 Å². The molecule has 112 valence electrons. The van der Waals surface area contributed by atoms with Gasteiger partial charge in [-0.25, -0.2) is 9.97 Å². The number of unbranched alkanes of at least 4 members (excludes halogenated alkanes) is 3. The molecule has 0 aliphatic rings. The molecule has 1 aromatic carbocycles. The SMILES string of the molecule is CCCCCCC(C)Nc1cnc(-c2ccccc2)nc1. The van der Waals surface area contributed by atoms with Crippen molar-refractivity contribution >= 4 is 5.69 Å². The fraction of sp³-hybridized carbons (Fsp3) is 0.444. The Bertz CT molecular complexity index is 508. The fourth-order valence-corrected chi connectivity index (χ4v) is 2.37. The summed E-state index contributed by atoms with van der Waals surface area (Å²) in [5, 5.41) is 3.47. The van der Waals surface area contributed by atoms with E-state index >= 15 is 0 Å². The fourth-order valence-electron chi connectivity index (χ4n) is 2.37. The number of hydrogen-bond acceptors (Lipinski definition) is 3. The molecule has 2 rings (SSSR count). The zero-order valence-corrected chi connectivity index (χ0v) is 13.0. The third kappa shape index (κ3) is 5.18. The molecule has 0 radical (unpaired) electrons. The van der Waals surface area contributed by atoms with Crippen molar-refractivity contribution in [3.8, 4) is 11.4 Å². The lowest BCUT2D eigenvalue weighted by Gasteiger charge is -2.14. The molecular formula is C18H25N3. The van der Waals surface area contributed by atoms with Crippen LogP contribution in [-0.2, 0) is 0 Å². The van der Waals surface area contributed by atoms with E-state index in [9.17, 15) is 0 Å². The van der Waals surface area contributed by atoms with Crippen molar-refractivity contribution < 1.29 is 0 Å². The van der Waals surface area contributed by atoms with Crippen LogP contribution >= 0.6 is 0 Å². The average Bonchev–Trinajstić information content (AvgIpc) is 2.53. The molecule has 0 spiro atoms. The van der Waals surface area contributed by atoms with Crippen LogP contribution in [0, 0.1) is 0 Å². The highest BCUT2D eigenvalue weighted by Crippen LogP contribution is 2.16. The summed E-state index contributed by atoms with van der Waals surface area (Å²) < 4.78 is 0. The van der Waals surface area contributed by atoms with Crippen LogP contribution in [0.3, 0.4) is 0 Å². The minimum absolute atomic E-state index is 0.466. The van der Waals surface area contributed by atoms with Crippen LogP contribution in [0.2, 0.25) is 0 Å². The molecular weight excluding hydrogens is 258 g/mol. The molecule has 2 aromatic rings. The van der Waals surface area contributed by atoms with Gasteiger partial charge in [-0.3, -0.25) is 0 Å². The van der Waals surface area contributed by atoms with Crippen LogP contribution in [0.1, 0.15) is 46.0 Å². The van der Waals surface area contributed by atoms with Crippen molar-refractivity contribution in [3.63, 3.8) is 0 Å². The lowest BCUT2D eigenvalue weighted by molar-refractivity contribution is 0.594. The van der Waals surface area contributed by atoms with Gasteiger partial charge in [-0.05, 0) is 13.3 Å². The number of nitrogens with zero attached hydrogens (tertiary/aromatic N) is 2. The molecule has 1 unspecified atom stereocenters. The van der Waals surface area contributed by atoms with Gasteiger partial charge in [0.2, 0.25) is 0 Å². The molecule has 1 heterocycles. The van der Waals surface area contributed by atoms with E-state index in [-0.39, 0.29) is 0 Å². The first-order valence-electron chi connectivity index (χ1n) is 7.93. The Hall–Kier alpha value is -1.90. The molecule has 21 heavy (non-hydrogen) atoms. The summed E-state index contributed by atoms with van der Waals surface area (Å²) >= 11 is 0. The number of rotatable bonds is 8. The Morgan fingerprint density at radius 2 is 1.71 bits per heavy atom. The van der Waals surface area contributed by atoms with E-state index in [1.54, 1.807) is 0 Å². The maximum Gasteiger partial charge on any atom is 0.159 e. The Balaban J connectivity index is 1.85. The molecule has 0 fully saturated rings. The highest BCUT2D eigenvalue weighted by atomic mass is 15.0. The second kappa shape index (κ2) is 8.40. The largest absolute Gasteiger partial charge is 0.380 e. The summed E-state index contributed by atoms with van der Waals surface area (Å²) in [4.78, 5) is 8.88. The van der Waals surface area contributed by atoms with Gasteiger partial charge in [0.05, 0.1) is 18.1 Å². The third-order valence-corrected chi connectivity index (χ3v) is 3.59. The molecule has 1 atom stereocenters. The first kappa shape index (κ1) is 15.5. The summed E-state index contributed by atoms with van der Waals surface area (Å²) in [5.41, 5.74) is 2.05. The zero-order chi connectivity index (χ0) is 14.9. The minimum Gasteiger partial charge on any atom is -0.380 e. The normalized spacial score (nSPS) is 12.1. The van der Waals surface area contributed by atoms with E-state index in [0.717, 1.165) is 17.1 Å². The molecule has 0 aliphatic heterocycles. The van der Waals surface area contributed by atoms with Crippen LogP contribution in [-0.4, -0.2) is 16.0 Å². The molecule has 0 aliphatic carbocycles. The number of nitrogens with one attached hydrogen (secondary N) is 1. The maximum atomic E-state index is 4.44. The monoisotopic (exact) mass is 283 g/mol. The van der Waals surface area contributed by atoms with Crippen molar-refractivity contribution in [3.05, 3.63) is 42.7 Å². The summed E-state index contributed by atoms with van der Waals surface area (Å²) in [6.45, 7) is 4.46. The van der Waals surface area contributed by atoms with Crippen LogP contribution < -0.4 is 5.32 Å². The second-order valence-electron chi connectivity index (χ2n) is 5.56. The topological polar surface area (TPSA) is 37.8 Å². The lowest BCUT2D eigenvalue weighted by atomic mass is 10.1. The Morgan fingerprint density at radius 1 is 1.00 bits per heavy atom. The van der Waals surface area contributed by atoms with Crippen molar-refractivity contribution in [1.29, 1.82) is 0 Å². The van der Waals surface area contributed by atoms with Crippen molar-refractivity contribution in [2.75, 3.05) is 5.32 Å².